The minimum atomic E-state index is -0.271. The summed E-state index contributed by atoms with van der Waals surface area (Å²) in [5.41, 5.74) is 7.05. The van der Waals surface area contributed by atoms with Gasteiger partial charge < -0.3 is 11.1 Å². The molecule has 1 atom stereocenters. The van der Waals surface area contributed by atoms with Crippen LogP contribution in [-0.4, -0.2) is 12.5 Å². The highest BCUT2D eigenvalue weighted by molar-refractivity contribution is 5.94. The Bertz CT molecular complexity index is 392. The minimum Gasteiger partial charge on any atom is -0.330 e. The number of halogens is 1. The molecule has 1 unspecified atom stereocenters. The number of benzene rings is 1. The number of nitrogens with two attached hydrogens (primary N) is 1. The highest BCUT2D eigenvalue weighted by Crippen LogP contribution is 2.34. The highest BCUT2D eigenvalue weighted by Gasteiger charge is 2.24. The van der Waals surface area contributed by atoms with E-state index in [1.54, 1.807) is 6.07 Å². The van der Waals surface area contributed by atoms with Gasteiger partial charge in [-0.15, -0.1) is 0 Å². The average Bonchev–Trinajstić information content (AvgIpc) is 2.19. The third-order valence-corrected chi connectivity index (χ3v) is 2.67. The SMILES string of the molecule is NCCC1CC(=O)Nc2ccc(F)cc21. The molecule has 0 aliphatic carbocycles. The molecule has 0 saturated heterocycles. The van der Waals surface area contributed by atoms with Crippen molar-refractivity contribution in [3.8, 4) is 0 Å². The Balaban J connectivity index is 2.38. The second-order valence-corrected chi connectivity index (χ2v) is 3.76. The molecule has 0 fully saturated rings. The Morgan fingerprint density at radius 2 is 2.33 bits per heavy atom. The quantitative estimate of drug-likeness (QED) is 0.775. The summed E-state index contributed by atoms with van der Waals surface area (Å²) in [4.78, 5) is 11.4. The van der Waals surface area contributed by atoms with Gasteiger partial charge in [-0.1, -0.05) is 0 Å². The van der Waals surface area contributed by atoms with Crippen molar-refractivity contribution in [1.29, 1.82) is 0 Å². The van der Waals surface area contributed by atoms with Crippen LogP contribution in [0.15, 0.2) is 18.2 Å². The van der Waals surface area contributed by atoms with Gasteiger partial charge in [-0.2, -0.15) is 0 Å². The number of hydrogen-bond donors (Lipinski definition) is 2. The van der Waals surface area contributed by atoms with Crippen LogP contribution in [-0.2, 0) is 4.79 Å². The molecule has 1 aromatic carbocycles. The van der Waals surface area contributed by atoms with Gasteiger partial charge in [0.15, 0.2) is 0 Å². The number of carbonyl (C=O) groups is 1. The third-order valence-electron chi connectivity index (χ3n) is 2.67. The van der Waals surface area contributed by atoms with Crippen LogP contribution < -0.4 is 11.1 Å². The zero-order valence-corrected chi connectivity index (χ0v) is 8.29. The molecule has 1 aliphatic heterocycles. The molecule has 4 heteroatoms. The summed E-state index contributed by atoms with van der Waals surface area (Å²) >= 11 is 0. The van der Waals surface area contributed by atoms with Crippen LogP contribution in [0.4, 0.5) is 10.1 Å². The van der Waals surface area contributed by atoms with Crippen molar-refractivity contribution in [3.05, 3.63) is 29.6 Å². The van der Waals surface area contributed by atoms with Gasteiger partial charge in [0.2, 0.25) is 5.91 Å². The van der Waals surface area contributed by atoms with Crippen molar-refractivity contribution < 1.29 is 9.18 Å². The van der Waals surface area contributed by atoms with Crippen LogP contribution in [0.5, 0.6) is 0 Å². The number of nitrogens with one attached hydrogen (secondary N) is 1. The summed E-state index contributed by atoms with van der Waals surface area (Å²) in [6.07, 6.45) is 1.11. The largest absolute Gasteiger partial charge is 0.330 e. The van der Waals surface area contributed by atoms with Gasteiger partial charge in [-0.25, -0.2) is 4.39 Å². The summed E-state index contributed by atoms with van der Waals surface area (Å²) in [6.45, 7) is 0.508. The average molecular weight is 208 g/mol. The molecule has 80 valence electrons. The zero-order chi connectivity index (χ0) is 10.8. The third kappa shape index (κ3) is 1.99. The van der Waals surface area contributed by atoms with Gasteiger partial charge in [0.25, 0.3) is 0 Å². The molecule has 2 rings (SSSR count). The minimum absolute atomic E-state index is 0.0208. The molecule has 0 radical (unpaired) electrons. The van der Waals surface area contributed by atoms with Crippen LogP contribution in [0.1, 0.15) is 24.3 Å². The van der Waals surface area contributed by atoms with E-state index in [4.69, 9.17) is 5.73 Å². The first-order chi connectivity index (χ1) is 7.20. The Morgan fingerprint density at radius 3 is 3.07 bits per heavy atom. The Hall–Kier alpha value is -1.42. The Kier molecular flexibility index (Phi) is 2.68. The van der Waals surface area contributed by atoms with E-state index in [-0.39, 0.29) is 17.6 Å². The van der Waals surface area contributed by atoms with Gasteiger partial charge in [0, 0.05) is 12.1 Å². The zero-order valence-electron chi connectivity index (χ0n) is 8.29. The first-order valence-corrected chi connectivity index (χ1v) is 5.00. The molecule has 1 amide bonds. The van der Waals surface area contributed by atoms with Gasteiger partial charge in [-0.05, 0) is 42.6 Å². The molecule has 1 heterocycles. The van der Waals surface area contributed by atoms with E-state index in [0.717, 1.165) is 5.56 Å². The maximum atomic E-state index is 13.1. The van der Waals surface area contributed by atoms with Crippen LogP contribution in [0.25, 0.3) is 0 Å². The summed E-state index contributed by atoms with van der Waals surface area (Å²) in [5.74, 6) is -0.242. The molecular weight excluding hydrogens is 195 g/mol. The molecule has 0 saturated carbocycles. The topological polar surface area (TPSA) is 55.1 Å². The molecule has 0 bridgehead atoms. The standard InChI is InChI=1S/C11H13FN2O/c12-8-1-2-10-9(6-8)7(3-4-13)5-11(15)14-10/h1-2,6-7H,3-5,13H2,(H,14,15). The lowest BCUT2D eigenvalue weighted by molar-refractivity contribution is -0.116. The number of fused-ring (bicyclic) bond motifs is 1. The van der Waals surface area contributed by atoms with Crippen LogP contribution >= 0.6 is 0 Å². The fraction of sp³-hybridized carbons (Fsp3) is 0.364. The summed E-state index contributed by atoms with van der Waals surface area (Å²) in [5, 5.41) is 2.73. The Labute approximate surface area is 87.5 Å². The molecule has 15 heavy (non-hydrogen) atoms. The van der Waals surface area contributed by atoms with E-state index in [9.17, 15) is 9.18 Å². The van der Waals surface area contributed by atoms with E-state index in [2.05, 4.69) is 5.32 Å². The van der Waals surface area contributed by atoms with Crippen molar-refractivity contribution >= 4 is 11.6 Å². The van der Waals surface area contributed by atoms with Crippen molar-refractivity contribution in [1.82, 2.24) is 0 Å². The van der Waals surface area contributed by atoms with Gasteiger partial charge >= 0.3 is 0 Å². The summed E-state index contributed by atoms with van der Waals surface area (Å²) in [7, 11) is 0. The van der Waals surface area contributed by atoms with Crippen LogP contribution in [0.3, 0.4) is 0 Å². The normalized spacial score (nSPS) is 19.6. The van der Waals surface area contributed by atoms with Crippen LogP contribution in [0.2, 0.25) is 0 Å². The predicted octanol–water partition coefficient (Wildman–Crippen LogP) is 1.60. The molecule has 3 nitrogen and oxygen atoms in total. The smallest absolute Gasteiger partial charge is 0.224 e. The van der Waals surface area contributed by atoms with Crippen molar-refractivity contribution in [2.24, 2.45) is 5.73 Å². The number of amides is 1. The van der Waals surface area contributed by atoms with E-state index in [1.165, 1.54) is 12.1 Å². The van der Waals surface area contributed by atoms with E-state index in [1.807, 2.05) is 0 Å². The second kappa shape index (κ2) is 3.98. The predicted molar refractivity (Wildman–Crippen MR) is 56.1 cm³/mol. The fourth-order valence-corrected chi connectivity index (χ4v) is 1.98. The highest BCUT2D eigenvalue weighted by atomic mass is 19.1. The number of hydrogen-bond acceptors (Lipinski definition) is 2. The molecular formula is C11H13FN2O. The van der Waals surface area contributed by atoms with Crippen LogP contribution in [0, 0.1) is 5.82 Å². The summed E-state index contributed by atoms with van der Waals surface area (Å²) < 4.78 is 13.1. The van der Waals surface area contributed by atoms with E-state index < -0.39 is 0 Å². The number of anilines is 1. The molecule has 1 aromatic rings. The lowest BCUT2D eigenvalue weighted by Gasteiger charge is -2.25. The van der Waals surface area contributed by atoms with Crippen molar-refractivity contribution in [2.75, 3.05) is 11.9 Å². The lowest BCUT2D eigenvalue weighted by Crippen LogP contribution is -2.24. The van der Waals surface area contributed by atoms with Crippen molar-refractivity contribution in [3.63, 3.8) is 0 Å². The van der Waals surface area contributed by atoms with E-state index in [0.29, 0.717) is 25.1 Å². The van der Waals surface area contributed by atoms with Gasteiger partial charge in [-0.3, -0.25) is 4.79 Å². The molecule has 0 spiro atoms. The summed E-state index contributed by atoms with van der Waals surface area (Å²) in [6, 6.07) is 4.43. The first kappa shape index (κ1) is 10.1. The first-order valence-electron chi connectivity index (χ1n) is 5.00. The fourth-order valence-electron chi connectivity index (χ4n) is 1.98. The second-order valence-electron chi connectivity index (χ2n) is 3.76. The molecule has 1 aliphatic rings. The van der Waals surface area contributed by atoms with Crippen molar-refractivity contribution in [2.45, 2.75) is 18.8 Å². The van der Waals surface area contributed by atoms with E-state index >= 15 is 0 Å². The molecule has 3 N–H and O–H groups in total. The Morgan fingerprint density at radius 1 is 1.53 bits per heavy atom. The number of rotatable bonds is 2. The maximum absolute atomic E-state index is 13.1. The maximum Gasteiger partial charge on any atom is 0.224 e. The van der Waals surface area contributed by atoms with Gasteiger partial charge in [0.05, 0.1) is 0 Å². The molecule has 0 aromatic heterocycles. The lowest BCUT2D eigenvalue weighted by atomic mass is 9.88. The number of carbonyl (C=O) groups excluding carboxylic acids is 1. The monoisotopic (exact) mass is 208 g/mol. The van der Waals surface area contributed by atoms with Gasteiger partial charge in [0.1, 0.15) is 5.82 Å².